The van der Waals surface area contributed by atoms with Gasteiger partial charge in [0.15, 0.2) is 0 Å². The molecular formula is C13H23NO4. The molecule has 0 unspecified atom stereocenters. The van der Waals surface area contributed by atoms with Crippen LogP contribution in [0.3, 0.4) is 0 Å². The van der Waals surface area contributed by atoms with E-state index in [4.69, 9.17) is 9.47 Å². The zero-order valence-electron chi connectivity index (χ0n) is 11.6. The molecule has 1 aliphatic heterocycles. The van der Waals surface area contributed by atoms with E-state index in [0.29, 0.717) is 26.1 Å². The molecule has 0 bridgehead atoms. The first-order chi connectivity index (χ1) is 8.36. The number of carbonyl (C=O) groups is 2. The molecule has 0 aromatic rings. The van der Waals surface area contributed by atoms with Gasteiger partial charge >= 0.3 is 5.97 Å². The van der Waals surface area contributed by atoms with Crippen LogP contribution in [-0.2, 0) is 19.1 Å². The standard InChI is InChI=1S/C13H23NO4/c1-13(2,3)10(12(16)17-4)14-11(15)9-5-7-18-8-6-9/h9-10H,5-8H2,1-4H3,(H,14,15)/t10-/m1/s1. The summed E-state index contributed by atoms with van der Waals surface area (Å²) < 4.78 is 9.97. The van der Waals surface area contributed by atoms with Crippen LogP contribution in [0.5, 0.6) is 0 Å². The Labute approximate surface area is 108 Å². The van der Waals surface area contributed by atoms with Crippen molar-refractivity contribution in [3.63, 3.8) is 0 Å². The molecule has 1 fully saturated rings. The van der Waals surface area contributed by atoms with Gasteiger partial charge in [-0.2, -0.15) is 0 Å². The fourth-order valence-corrected chi connectivity index (χ4v) is 1.97. The number of amides is 1. The van der Waals surface area contributed by atoms with Gasteiger partial charge < -0.3 is 14.8 Å². The van der Waals surface area contributed by atoms with Gasteiger partial charge in [-0.15, -0.1) is 0 Å². The lowest BCUT2D eigenvalue weighted by molar-refractivity contribution is -0.149. The lowest BCUT2D eigenvalue weighted by atomic mass is 9.86. The zero-order valence-corrected chi connectivity index (χ0v) is 11.6. The summed E-state index contributed by atoms with van der Waals surface area (Å²) in [5.41, 5.74) is -0.367. The van der Waals surface area contributed by atoms with E-state index < -0.39 is 12.0 Å². The number of methoxy groups -OCH3 is 1. The van der Waals surface area contributed by atoms with Crippen LogP contribution in [0.1, 0.15) is 33.6 Å². The second kappa shape index (κ2) is 6.18. The number of ether oxygens (including phenoxy) is 2. The van der Waals surface area contributed by atoms with Crippen LogP contribution >= 0.6 is 0 Å². The topological polar surface area (TPSA) is 64.6 Å². The van der Waals surface area contributed by atoms with Crippen molar-refractivity contribution in [2.24, 2.45) is 11.3 Å². The molecule has 1 rings (SSSR count). The smallest absolute Gasteiger partial charge is 0.328 e. The number of nitrogens with one attached hydrogen (secondary N) is 1. The van der Waals surface area contributed by atoms with E-state index in [1.54, 1.807) is 0 Å². The highest BCUT2D eigenvalue weighted by Gasteiger charge is 2.35. The minimum absolute atomic E-state index is 0.0618. The molecule has 0 radical (unpaired) electrons. The maximum absolute atomic E-state index is 12.1. The number of hydrogen-bond donors (Lipinski definition) is 1. The zero-order chi connectivity index (χ0) is 13.8. The van der Waals surface area contributed by atoms with Crippen LogP contribution in [0.2, 0.25) is 0 Å². The molecule has 1 N–H and O–H groups in total. The van der Waals surface area contributed by atoms with Gasteiger partial charge in [-0.25, -0.2) is 4.79 Å². The minimum atomic E-state index is -0.613. The quantitative estimate of drug-likeness (QED) is 0.769. The Morgan fingerprint density at radius 3 is 2.28 bits per heavy atom. The molecule has 18 heavy (non-hydrogen) atoms. The maximum Gasteiger partial charge on any atom is 0.328 e. The third kappa shape index (κ3) is 3.98. The summed E-state index contributed by atoms with van der Waals surface area (Å²) in [6.45, 7) is 6.92. The first-order valence-electron chi connectivity index (χ1n) is 6.32. The van der Waals surface area contributed by atoms with E-state index in [2.05, 4.69) is 5.32 Å². The Morgan fingerprint density at radius 2 is 1.83 bits per heavy atom. The molecule has 1 atom stereocenters. The molecule has 1 aliphatic rings. The van der Waals surface area contributed by atoms with Crippen molar-refractivity contribution in [3.05, 3.63) is 0 Å². The van der Waals surface area contributed by atoms with Gasteiger partial charge in [0.2, 0.25) is 5.91 Å². The highest BCUT2D eigenvalue weighted by atomic mass is 16.5. The molecule has 0 aromatic carbocycles. The SMILES string of the molecule is COC(=O)[C@@H](NC(=O)C1CCOCC1)C(C)(C)C. The summed E-state index contributed by atoms with van der Waals surface area (Å²) in [4.78, 5) is 23.8. The van der Waals surface area contributed by atoms with Crippen LogP contribution < -0.4 is 5.32 Å². The molecule has 0 saturated carbocycles. The molecule has 5 nitrogen and oxygen atoms in total. The third-order valence-electron chi connectivity index (χ3n) is 3.18. The number of hydrogen-bond acceptors (Lipinski definition) is 4. The van der Waals surface area contributed by atoms with Gasteiger partial charge in [-0.1, -0.05) is 20.8 Å². The van der Waals surface area contributed by atoms with Crippen molar-refractivity contribution in [1.82, 2.24) is 5.32 Å². The highest BCUT2D eigenvalue weighted by Crippen LogP contribution is 2.22. The van der Waals surface area contributed by atoms with Crippen molar-refractivity contribution in [2.75, 3.05) is 20.3 Å². The normalized spacial score (nSPS) is 19.1. The Balaban J connectivity index is 2.65. The first kappa shape index (κ1) is 15.0. The Hall–Kier alpha value is -1.10. The lowest BCUT2D eigenvalue weighted by Gasteiger charge is -2.31. The summed E-state index contributed by atoms with van der Waals surface area (Å²) in [6.07, 6.45) is 1.42. The van der Waals surface area contributed by atoms with Crippen LogP contribution in [0.15, 0.2) is 0 Å². The van der Waals surface area contributed by atoms with Crippen molar-refractivity contribution in [1.29, 1.82) is 0 Å². The Bertz CT molecular complexity index is 303. The summed E-state index contributed by atoms with van der Waals surface area (Å²) in [5.74, 6) is -0.542. The molecule has 1 amide bonds. The maximum atomic E-state index is 12.1. The van der Waals surface area contributed by atoms with Gasteiger partial charge in [-0.3, -0.25) is 4.79 Å². The van der Waals surface area contributed by atoms with Crippen LogP contribution in [0.4, 0.5) is 0 Å². The average molecular weight is 257 g/mol. The Morgan fingerprint density at radius 1 is 1.28 bits per heavy atom. The van der Waals surface area contributed by atoms with Crippen LogP contribution in [-0.4, -0.2) is 38.2 Å². The predicted octanol–water partition coefficient (Wildman–Crippen LogP) is 1.12. The number of esters is 1. The molecular weight excluding hydrogens is 234 g/mol. The van der Waals surface area contributed by atoms with E-state index >= 15 is 0 Å². The largest absolute Gasteiger partial charge is 0.467 e. The van der Waals surface area contributed by atoms with Gasteiger partial charge in [0.25, 0.3) is 0 Å². The second-order valence-electron chi connectivity index (χ2n) is 5.72. The fourth-order valence-electron chi connectivity index (χ4n) is 1.97. The average Bonchev–Trinajstić information content (AvgIpc) is 2.34. The molecule has 1 heterocycles. The molecule has 0 aromatic heterocycles. The van der Waals surface area contributed by atoms with E-state index in [0.717, 1.165) is 0 Å². The second-order valence-corrected chi connectivity index (χ2v) is 5.72. The number of carbonyl (C=O) groups excluding carboxylic acids is 2. The molecule has 104 valence electrons. The van der Waals surface area contributed by atoms with E-state index in [1.807, 2.05) is 20.8 Å². The predicted molar refractivity (Wildman–Crippen MR) is 66.9 cm³/mol. The minimum Gasteiger partial charge on any atom is -0.467 e. The monoisotopic (exact) mass is 257 g/mol. The van der Waals surface area contributed by atoms with Gasteiger partial charge in [0.05, 0.1) is 7.11 Å². The molecule has 0 aliphatic carbocycles. The van der Waals surface area contributed by atoms with E-state index in [9.17, 15) is 9.59 Å². The number of rotatable bonds is 3. The van der Waals surface area contributed by atoms with Gasteiger partial charge in [-0.05, 0) is 18.3 Å². The van der Waals surface area contributed by atoms with Crippen molar-refractivity contribution < 1.29 is 19.1 Å². The van der Waals surface area contributed by atoms with Crippen molar-refractivity contribution >= 4 is 11.9 Å². The highest BCUT2D eigenvalue weighted by molar-refractivity contribution is 5.86. The molecule has 0 spiro atoms. The third-order valence-corrected chi connectivity index (χ3v) is 3.18. The Kier molecular flexibility index (Phi) is 5.14. The van der Waals surface area contributed by atoms with Gasteiger partial charge in [0, 0.05) is 19.1 Å². The summed E-state index contributed by atoms with van der Waals surface area (Å²) in [7, 11) is 1.33. The van der Waals surface area contributed by atoms with Crippen molar-refractivity contribution in [3.8, 4) is 0 Å². The summed E-state index contributed by atoms with van der Waals surface area (Å²) >= 11 is 0. The molecule has 5 heteroatoms. The van der Waals surface area contributed by atoms with E-state index in [-0.39, 0.29) is 17.2 Å². The van der Waals surface area contributed by atoms with E-state index in [1.165, 1.54) is 7.11 Å². The molecule has 1 saturated heterocycles. The van der Waals surface area contributed by atoms with Gasteiger partial charge in [0.1, 0.15) is 6.04 Å². The van der Waals surface area contributed by atoms with Crippen LogP contribution in [0, 0.1) is 11.3 Å². The van der Waals surface area contributed by atoms with Crippen LogP contribution in [0.25, 0.3) is 0 Å². The summed E-state index contributed by atoms with van der Waals surface area (Å²) in [5, 5.41) is 2.81. The fraction of sp³-hybridized carbons (Fsp3) is 0.846. The summed E-state index contributed by atoms with van der Waals surface area (Å²) in [6, 6.07) is -0.613. The van der Waals surface area contributed by atoms with Crippen molar-refractivity contribution in [2.45, 2.75) is 39.7 Å². The lowest BCUT2D eigenvalue weighted by Crippen LogP contribution is -2.51. The first-order valence-corrected chi connectivity index (χ1v) is 6.32.